The molecule has 1 aliphatic rings. The Morgan fingerprint density at radius 3 is 2.78 bits per heavy atom. The summed E-state index contributed by atoms with van der Waals surface area (Å²) in [5.74, 6) is 0.868. The predicted octanol–water partition coefficient (Wildman–Crippen LogP) is 0.438. The van der Waals surface area contributed by atoms with E-state index in [0.717, 1.165) is 0 Å². The van der Waals surface area contributed by atoms with Gasteiger partial charge in [0.15, 0.2) is 0 Å². The number of nitrogens with one attached hydrogen (secondary N) is 2. The van der Waals surface area contributed by atoms with Crippen LogP contribution in [0.1, 0.15) is 30.3 Å². The van der Waals surface area contributed by atoms with Gasteiger partial charge in [-0.25, -0.2) is 13.6 Å². The molecule has 2 rings (SSSR count). The van der Waals surface area contributed by atoms with E-state index < -0.39 is 10.0 Å². The summed E-state index contributed by atoms with van der Waals surface area (Å²) < 4.78 is 22.1. The summed E-state index contributed by atoms with van der Waals surface area (Å²) in [6.45, 7) is 2.70. The Balaban J connectivity index is 1.94. The summed E-state index contributed by atoms with van der Waals surface area (Å²) in [4.78, 5) is 14.3. The van der Waals surface area contributed by atoms with Crippen molar-refractivity contribution in [1.82, 2.24) is 10.3 Å². The third-order valence-corrected chi connectivity index (χ3v) is 4.13. The van der Waals surface area contributed by atoms with Gasteiger partial charge in [0, 0.05) is 12.7 Å². The molecule has 1 unspecified atom stereocenters. The van der Waals surface area contributed by atoms with Crippen LogP contribution in [0.2, 0.25) is 0 Å². The Kier molecular flexibility index (Phi) is 3.45. The molecule has 1 heterocycles. The van der Waals surface area contributed by atoms with Crippen LogP contribution in [0, 0.1) is 11.8 Å². The highest BCUT2D eigenvalue weighted by Crippen LogP contribution is 2.36. The Morgan fingerprint density at radius 2 is 2.28 bits per heavy atom. The number of carbonyl (C=O) groups excluding carboxylic acids is 1. The van der Waals surface area contributed by atoms with E-state index in [2.05, 4.69) is 17.2 Å². The monoisotopic (exact) mass is 271 g/mol. The first-order chi connectivity index (χ1) is 8.38. The molecule has 100 valence electrons. The second-order valence-electron chi connectivity index (χ2n) is 4.82. The molecular formula is C11H17N3O3S. The lowest BCUT2D eigenvalue weighted by Gasteiger charge is -2.10. The van der Waals surface area contributed by atoms with E-state index in [9.17, 15) is 13.2 Å². The molecule has 1 saturated carbocycles. The topological polar surface area (TPSA) is 105 Å². The molecule has 0 bridgehead atoms. The van der Waals surface area contributed by atoms with Gasteiger partial charge in [-0.15, -0.1) is 0 Å². The maximum atomic E-state index is 11.8. The SMILES string of the molecule is CC(CNC(=O)c1cc(S(N)(=O)=O)c[nH]1)C1CC1. The molecular weight excluding hydrogens is 254 g/mol. The standard InChI is InChI=1S/C11H17N3O3S/c1-7(8-2-3-8)5-14-11(15)10-4-9(6-13-10)18(12,16)17/h4,6-8,13H,2-3,5H2,1H3,(H,14,15)(H2,12,16,17). The molecule has 1 amide bonds. The molecule has 1 aliphatic carbocycles. The zero-order valence-electron chi connectivity index (χ0n) is 10.1. The largest absolute Gasteiger partial charge is 0.356 e. The van der Waals surface area contributed by atoms with Crippen LogP contribution < -0.4 is 10.5 Å². The fourth-order valence-corrected chi connectivity index (χ4v) is 2.36. The quantitative estimate of drug-likeness (QED) is 0.723. The van der Waals surface area contributed by atoms with E-state index in [0.29, 0.717) is 18.4 Å². The Hall–Kier alpha value is -1.34. The minimum Gasteiger partial charge on any atom is -0.356 e. The van der Waals surface area contributed by atoms with Crippen molar-refractivity contribution >= 4 is 15.9 Å². The Labute approximate surface area is 106 Å². The lowest BCUT2D eigenvalue weighted by molar-refractivity contribution is 0.0942. The maximum Gasteiger partial charge on any atom is 0.267 e. The van der Waals surface area contributed by atoms with E-state index in [1.807, 2.05) is 0 Å². The van der Waals surface area contributed by atoms with Gasteiger partial charge >= 0.3 is 0 Å². The second-order valence-corrected chi connectivity index (χ2v) is 6.38. The molecule has 0 radical (unpaired) electrons. The summed E-state index contributed by atoms with van der Waals surface area (Å²) in [6, 6.07) is 1.24. The number of rotatable bonds is 5. The van der Waals surface area contributed by atoms with Crippen LogP contribution in [0.4, 0.5) is 0 Å². The number of nitrogens with two attached hydrogens (primary N) is 1. The zero-order chi connectivity index (χ0) is 13.3. The van der Waals surface area contributed by atoms with Gasteiger partial charge in [-0.05, 0) is 30.7 Å². The Morgan fingerprint density at radius 1 is 1.61 bits per heavy atom. The number of carbonyl (C=O) groups is 1. The van der Waals surface area contributed by atoms with Gasteiger partial charge in [0.25, 0.3) is 5.91 Å². The van der Waals surface area contributed by atoms with Gasteiger partial charge in [0.1, 0.15) is 5.69 Å². The molecule has 1 aromatic heterocycles. The van der Waals surface area contributed by atoms with Crippen molar-refractivity contribution in [3.63, 3.8) is 0 Å². The first kappa shape index (κ1) is 13.1. The van der Waals surface area contributed by atoms with Crippen molar-refractivity contribution < 1.29 is 13.2 Å². The normalized spacial score (nSPS) is 17.4. The van der Waals surface area contributed by atoms with Crippen LogP contribution >= 0.6 is 0 Å². The van der Waals surface area contributed by atoms with Crippen molar-refractivity contribution in [2.45, 2.75) is 24.7 Å². The first-order valence-electron chi connectivity index (χ1n) is 5.87. The number of H-pyrrole nitrogens is 1. The van der Waals surface area contributed by atoms with Gasteiger partial charge < -0.3 is 10.3 Å². The van der Waals surface area contributed by atoms with Crippen LogP contribution in [0.5, 0.6) is 0 Å². The fourth-order valence-electron chi connectivity index (χ4n) is 1.85. The third kappa shape index (κ3) is 3.11. The lowest BCUT2D eigenvalue weighted by Crippen LogP contribution is -2.29. The van der Waals surface area contributed by atoms with Crippen molar-refractivity contribution in [3.8, 4) is 0 Å². The number of sulfonamides is 1. The van der Waals surface area contributed by atoms with E-state index in [1.54, 1.807) is 0 Å². The number of hydrogen-bond donors (Lipinski definition) is 3. The van der Waals surface area contributed by atoms with E-state index in [1.165, 1.54) is 25.1 Å². The van der Waals surface area contributed by atoms with Crippen LogP contribution in [0.15, 0.2) is 17.2 Å². The molecule has 0 aromatic carbocycles. The number of aromatic amines is 1. The van der Waals surface area contributed by atoms with Gasteiger partial charge in [0.05, 0.1) is 4.90 Å². The van der Waals surface area contributed by atoms with Crippen LogP contribution in [-0.4, -0.2) is 25.9 Å². The molecule has 1 atom stereocenters. The van der Waals surface area contributed by atoms with E-state index in [-0.39, 0.29) is 16.5 Å². The molecule has 18 heavy (non-hydrogen) atoms. The second kappa shape index (κ2) is 4.74. The highest BCUT2D eigenvalue weighted by Gasteiger charge is 2.28. The summed E-state index contributed by atoms with van der Waals surface area (Å²) in [5, 5.41) is 7.74. The minimum atomic E-state index is -3.76. The average molecular weight is 271 g/mol. The average Bonchev–Trinajstić information content (AvgIpc) is 3.00. The molecule has 0 aliphatic heterocycles. The molecule has 1 fully saturated rings. The Bertz CT molecular complexity index is 546. The molecule has 1 aromatic rings. The van der Waals surface area contributed by atoms with Crippen LogP contribution in [0.3, 0.4) is 0 Å². The smallest absolute Gasteiger partial charge is 0.267 e. The van der Waals surface area contributed by atoms with Crippen molar-refractivity contribution in [2.75, 3.05) is 6.54 Å². The van der Waals surface area contributed by atoms with Crippen LogP contribution in [0.25, 0.3) is 0 Å². The molecule has 6 nitrogen and oxygen atoms in total. The summed E-state index contributed by atoms with van der Waals surface area (Å²) >= 11 is 0. The third-order valence-electron chi connectivity index (χ3n) is 3.24. The highest BCUT2D eigenvalue weighted by atomic mass is 32.2. The highest BCUT2D eigenvalue weighted by molar-refractivity contribution is 7.89. The molecule has 4 N–H and O–H groups in total. The minimum absolute atomic E-state index is 0.0807. The van der Waals surface area contributed by atoms with Crippen LogP contribution in [-0.2, 0) is 10.0 Å². The van der Waals surface area contributed by atoms with E-state index >= 15 is 0 Å². The number of aromatic nitrogens is 1. The summed E-state index contributed by atoms with van der Waals surface area (Å²) in [6.07, 6.45) is 3.68. The predicted molar refractivity (Wildman–Crippen MR) is 66.4 cm³/mol. The number of amides is 1. The van der Waals surface area contributed by atoms with Gasteiger partial charge in [-0.3, -0.25) is 4.79 Å². The van der Waals surface area contributed by atoms with E-state index in [4.69, 9.17) is 5.14 Å². The fraction of sp³-hybridized carbons (Fsp3) is 0.545. The summed E-state index contributed by atoms with van der Waals surface area (Å²) in [5.41, 5.74) is 0.210. The number of hydrogen-bond acceptors (Lipinski definition) is 3. The first-order valence-corrected chi connectivity index (χ1v) is 7.42. The number of primary sulfonamides is 1. The van der Waals surface area contributed by atoms with Crippen molar-refractivity contribution in [1.29, 1.82) is 0 Å². The zero-order valence-corrected chi connectivity index (χ0v) is 11.0. The van der Waals surface area contributed by atoms with Gasteiger partial charge in [-0.2, -0.15) is 0 Å². The maximum absolute atomic E-state index is 11.8. The van der Waals surface area contributed by atoms with Crippen molar-refractivity contribution in [3.05, 3.63) is 18.0 Å². The van der Waals surface area contributed by atoms with Gasteiger partial charge in [-0.1, -0.05) is 6.92 Å². The van der Waals surface area contributed by atoms with Crippen molar-refractivity contribution in [2.24, 2.45) is 17.0 Å². The molecule has 7 heteroatoms. The lowest BCUT2D eigenvalue weighted by atomic mass is 10.1. The van der Waals surface area contributed by atoms with Gasteiger partial charge in [0.2, 0.25) is 10.0 Å². The summed E-state index contributed by atoms with van der Waals surface area (Å²) in [7, 11) is -3.76. The molecule has 0 saturated heterocycles. The molecule has 0 spiro atoms.